The number of carbonyl (C=O) groups excluding carboxylic acids is 2. The summed E-state index contributed by atoms with van der Waals surface area (Å²) in [5.41, 5.74) is 0. The van der Waals surface area contributed by atoms with E-state index in [-0.39, 0.29) is 36.2 Å². The number of hydrogen-bond acceptors (Lipinski definition) is 6. The molecule has 0 bridgehead atoms. The summed E-state index contributed by atoms with van der Waals surface area (Å²) < 4.78 is 17.4. The van der Waals surface area contributed by atoms with E-state index in [1.54, 1.807) is 0 Å². The number of rotatable bonds is 48. The number of unbranched alkanes of at least 4 members (excludes halogenated alkanes) is 24. The molecular formula is C57H102NO7+. The van der Waals surface area contributed by atoms with Crippen LogP contribution in [-0.4, -0.2) is 80.6 Å². The van der Waals surface area contributed by atoms with E-state index >= 15 is 0 Å². The van der Waals surface area contributed by atoms with Gasteiger partial charge in [0.25, 0.3) is 0 Å². The normalized spacial score (nSPS) is 13.3. The second-order valence-corrected chi connectivity index (χ2v) is 19.1. The summed E-state index contributed by atoms with van der Waals surface area (Å²) in [5, 5.41) is 9.66. The standard InChI is InChI=1S/C57H101NO7/c1-6-8-10-12-14-16-18-20-22-24-26-27-28-30-31-33-35-37-39-41-43-45-47-55(59)64-52-53(51-63-50-49-54(57(61)62)58(3,4)5)65-56(60)48-46-44-42-40-38-36-34-32-29-25-23-21-19-17-15-13-11-9-7-2/h8,10,14,16,20,22,25-27,29,53-54H,6-7,9,11-13,15,17-19,21,23-24,28,30-52H2,1-5H3/p+1/b10-8+,16-14+,22-20+,27-26+,29-25+. The average molecular weight is 913 g/mol. The topological polar surface area (TPSA) is 99.1 Å². The Labute approximate surface area is 400 Å². The first-order valence-corrected chi connectivity index (χ1v) is 26.8. The predicted octanol–water partition coefficient (Wildman–Crippen LogP) is 15.7. The number of carbonyl (C=O) groups is 3. The molecule has 0 heterocycles. The minimum Gasteiger partial charge on any atom is -0.477 e. The molecule has 0 saturated heterocycles. The molecule has 2 atom stereocenters. The van der Waals surface area contributed by atoms with Gasteiger partial charge in [-0.3, -0.25) is 9.59 Å². The van der Waals surface area contributed by atoms with Crippen molar-refractivity contribution in [3.05, 3.63) is 60.8 Å². The van der Waals surface area contributed by atoms with Gasteiger partial charge in [-0.15, -0.1) is 0 Å². The number of quaternary nitrogens is 1. The van der Waals surface area contributed by atoms with Crippen LogP contribution in [0.25, 0.3) is 0 Å². The van der Waals surface area contributed by atoms with Crippen molar-refractivity contribution in [1.82, 2.24) is 0 Å². The molecule has 0 saturated carbocycles. The molecule has 376 valence electrons. The Balaban J connectivity index is 4.23. The molecule has 0 aliphatic heterocycles. The van der Waals surface area contributed by atoms with E-state index in [1.807, 2.05) is 21.1 Å². The molecule has 0 fully saturated rings. The van der Waals surface area contributed by atoms with E-state index in [4.69, 9.17) is 14.2 Å². The second kappa shape index (κ2) is 47.5. The fourth-order valence-electron chi connectivity index (χ4n) is 7.78. The summed E-state index contributed by atoms with van der Waals surface area (Å²) >= 11 is 0. The lowest BCUT2D eigenvalue weighted by Crippen LogP contribution is -2.50. The van der Waals surface area contributed by atoms with Crippen molar-refractivity contribution in [2.45, 2.75) is 244 Å². The Morgan fingerprint density at radius 2 is 0.862 bits per heavy atom. The SMILES string of the molecule is CC/C=C/C/C=C/C/C=C/C/C=C/CCCCCCCCCCCC(=O)OCC(COCCC(C(=O)O)[N+](C)(C)C)OC(=O)CCCCCCCCC/C=C/CCCCCCCCCC. The molecule has 0 radical (unpaired) electrons. The third-order valence-electron chi connectivity index (χ3n) is 11.9. The molecule has 0 aromatic heterocycles. The molecule has 0 aromatic carbocycles. The first-order chi connectivity index (χ1) is 31.6. The molecule has 1 N–H and O–H groups in total. The second-order valence-electron chi connectivity index (χ2n) is 19.1. The van der Waals surface area contributed by atoms with E-state index in [0.717, 1.165) is 70.6 Å². The van der Waals surface area contributed by atoms with E-state index < -0.39 is 18.1 Å². The molecule has 8 heteroatoms. The lowest BCUT2D eigenvalue weighted by Gasteiger charge is -2.31. The highest BCUT2D eigenvalue weighted by molar-refractivity contribution is 5.72. The average Bonchev–Trinajstić information content (AvgIpc) is 3.27. The van der Waals surface area contributed by atoms with Crippen LogP contribution in [0.5, 0.6) is 0 Å². The van der Waals surface area contributed by atoms with Crippen LogP contribution >= 0.6 is 0 Å². The quantitative estimate of drug-likeness (QED) is 0.0281. The monoisotopic (exact) mass is 913 g/mol. The van der Waals surface area contributed by atoms with E-state index in [1.165, 1.54) is 128 Å². The van der Waals surface area contributed by atoms with Gasteiger partial charge in [0.15, 0.2) is 12.1 Å². The molecule has 2 unspecified atom stereocenters. The number of esters is 2. The molecule has 0 aromatic rings. The minimum atomic E-state index is -0.876. The minimum absolute atomic E-state index is 0.0566. The number of nitrogens with zero attached hydrogens (tertiary/aromatic N) is 1. The first-order valence-electron chi connectivity index (χ1n) is 26.8. The highest BCUT2D eigenvalue weighted by Crippen LogP contribution is 2.15. The zero-order valence-electron chi connectivity index (χ0n) is 42.9. The first kappa shape index (κ1) is 62.0. The van der Waals surface area contributed by atoms with Gasteiger partial charge in [-0.1, -0.05) is 197 Å². The zero-order chi connectivity index (χ0) is 47.7. The Morgan fingerprint density at radius 3 is 1.29 bits per heavy atom. The highest BCUT2D eigenvalue weighted by atomic mass is 16.6. The van der Waals surface area contributed by atoms with Crippen LogP contribution < -0.4 is 0 Å². The maximum absolute atomic E-state index is 12.8. The Morgan fingerprint density at radius 1 is 0.477 bits per heavy atom. The van der Waals surface area contributed by atoms with Crippen molar-refractivity contribution in [2.24, 2.45) is 0 Å². The van der Waals surface area contributed by atoms with Crippen LogP contribution in [0.3, 0.4) is 0 Å². The van der Waals surface area contributed by atoms with Crippen LogP contribution in [0.15, 0.2) is 60.8 Å². The number of aliphatic carboxylic acids is 1. The fraction of sp³-hybridized carbons (Fsp3) is 0.772. The number of ether oxygens (including phenoxy) is 3. The molecule has 8 nitrogen and oxygen atoms in total. The maximum Gasteiger partial charge on any atom is 0.362 e. The summed E-state index contributed by atoms with van der Waals surface area (Å²) in [6.07, 6.45) is 59.8. The Bertz CT molecular complexity index is 1250. The molecular weight excluding hydrogens is 811 g/mol. The predicted molar refractivity (Wildman–Crippen MR) is 275 cm³/mol. The third kappa shape index (κ3) is 46.0. The molecule has 0 rings (SSSR count). The Hall–Kier alpha value is -2.97. The van der Waals surface area contributed by atoms with Crippen molar-refractivity contribution in [2.75, 3.05) is 41.0 Å². The lowest BCUT2D eigenvalue weighted by molar-refractivity contribution is -0.887. The van der Waals surface area contributed by atoms with Crippen molar-refractivity contribution in [3.63, 3.8) is 0 Å². The van der Waals surface area contributed by atoms with Gasteiger partial charge >= 0.3 is 17.9 Å². The van der Waals surface area contributed by atoms with Gasteiger partial charge in [-0.2, -0.15) is 0 Å². The summed E-state index contributed by atoms with van der Waals surface area (Å²) in [6.45, 7) is 4.64. The van der Waals surface area contributed by atoms with E-state index in [9.17, 15) is 19.5 Å². The van der Waals surface area contributed by atoms with E-state index in [2.05, 4.69) is 74.6 Å². The van der Waals surface area contributed by atoms with Gasteiger partial charge < -0.3 is 23.8 Å². The van der Waals surface area contributed by atoms with Gasteiger partial charge in [-0.05, 0) is 77.0 Å². The smallest absolute Gasteiger partial charge is 0.362 e. The molecule has 0 aliphatic carbocycles. The molecule has 0 spiro atoms. The lowest BCUT2D eigenvalue weighted by atomic mass is 10.1. The van der Waals surface area contributed by atoms with Crippen LogP contribution in [0.4, 0.5) is 0 Å². The van der Waals surface area contributed by atoms with Gasteiger partial charge in [0.05, 0.1) is 34.4 Å². The zero-order valence-corrected chi connectivity index (χ0v) is 42.9. The van der Waals surface area contributed by atoms with Crippen molar-refractivity contribution in [3.8, 4) is 0 Å². The van der Waals surface area contributed by atoms with Gasteiger partial charge in [-0.25, -0.2) is 4.79 Å². The number of allylic oxidation sites excluding steroid dienone is 10. The number of hydrogen-bond donors (Lipinski definition) is 1. The van der Waals surface area contributed by atoms with Gasteiger partial charge in [0.1, 0.15) is 6.61 Å². The van der Waals surface area contributed by atoms with Crippen molar-refractivity contribution in [1.29, 1.82) is 0 Å². The van der Waals surface area contributed by atoms with Gasteiger partial charge in [0, 0.05) is 19.3 Å². The van der Waals surface area contributed by atoms with Crippen LogP contribution in [0.2, 0.25) is 0 Å². The van der Waals surface area contributed by atoms with E-state index in [0.29, 0.717) is 19.3 Å². The fourth-order valence-corrected chi connectivity index (χ4v) is 7.78. The third-order valence-corrected chi connectivity index (χ3v) is 11.9. The van der Waals surface area contributed by atoms with Crippen LogP contribution in [-0.2, 0) is 28.6 Å². The van der Waals surface area contributed by atoms with Crippen molar-refractivity contribution >= 4 is 17.9 Å². The summed E-state index contributed by atoms with van der Waals surface area (Å²) in [5.74, 6) is -1.47. The Kier molecular flexibility index (Phi) is 45.3. The molecule has 65 heavy (non-hydrogen) atoms. The summed E-state index contributed by atoms with van der Waals surface area (Å²) in [7, 11) is 5.54. The van der Waals surface area contributed by atoms with Crippen molar-refractivity contribution < 1.29 is 38.2 Å². The highest BCUT2D eigenvalue weighted by Gasteiger charge is 2.31. The largest absolute Gasteiger partial charge is 0.477 e. The van der Waals surface area contributed by atoms with Crippen LogP contribution in [0, 0.1) is 0 Å². The van der Waals surface area contributed by atoms with Crippen LogP contribution in [0.1, 0.15) is 232 Å². The molecule has 0 amide bonds. The molecule has 0 aliphatic rings. The van der Waals surface area contributed by atoms with Gasteiger partial charge in [0.2, 0.25) is 0 Å². The number of carboxylic acid groups (broad SMARTS) is 1. The summed E-state index contributed by atoms with van der Waals surface area (Å²) in [4.78, 5) is 37.2. The summed E-state index contributed by atoms with van der Waals surface area (Å²) in [6, 6.07) is -0.618. The number of likely N-dealkylation sites (N-methyl/N-ethyl adjacent to an activating group) is 1. The maximum atomic E-state index is 12.8. The number of carboxylic acids is 1.